The van der Waals surface area contributed by atoms with E-state index in [2.05, 4.69) is 22.1 Å². The van der Waals surface area contributed by atoms with Crippen molar-refractivity contribution in [1.82, 2.24) is 9.97 Å². The van der Waals surface area contributed by atoms with E-state index >= 15 is 0 Å². The monoisotopic (exact) mass is 903 g/mol. The van der Waals surface area contributed by atoms with E-state index < -0.39 is 42.3 Å². The zero-order valence-corrected chi connectivity index (χ0v) is 32.5. The van der Waals surface area contributed by atoms with Gasteiger partial charge in [0.15, 0.2) is 6.10 Å². The van der Waals surface area contributed by atoms with Crippen molar-refractivity contribution in [3.63, 3.8) is 0 Å². The molecule has 0 radical (unpaired) electrons. The Kier molecular flexibility index (Phi) is 19.8. The Morgan fingerprint density at radius 1 is 0.820 bits per heavy atom. The number of carboxylic acids is 2. The Balaban J connectivity index is 0.000000784. The molecule has 0 saturated carbocycles. The maximum absolute atomic E-state index is 12.0. The van der Waals surface area contributed by atoms with Crippen LogP contribution in [0.25, 0.3) is 22.6 Å². The van der Waals surface area contributed by atoms with Crippen LogP contribution in [0.3, 0.4) is 0 Å². The molecule has 0 aliphatic rings. The number of nitrogens with zero attached hydrogens (tertiary/aromatic N) is 4. The topological polar surface area (TPSA) is 301 Å². The maximum atomic E-state index is 12.0. The van der Waals surface area contributed by atoms with E-state index in [1.54, 1.807) is 48.5 Å². The second-order valence-electron chi connectivity index (χ2n) is 11.4. The van der Waals surface area contributed by atoms with Crippen LogP contribution in [0.4, 0.5) is 32.2 Å². The number of thioether (sulfide) groups is 1. The van der Waals surface area contributed by atoms with Crippen molar-refractivity contribution in [3.8, 4) is 40.5 Å². The summed E-state index contributed by atoms with van der Waals surface area (Å²) in [5, 5.41) is 35.2. The number of rotatable bonds is 15. The van der Waals surface area contributed by atoms with Crippen LogP contribution < -0.4 is 21.9 Å². The molecule has 2 aromatic carbocycles. The molecule has 8 N–H and O–H groups in total. The molecule has 326 valence electrons. The predicted octanol–water partition coefficient (Wildman–Crippen LogP) is 5.47. The van der Waals surface area contributed by atoms with Crippen LogP contribution in [0, 0.1) is 22.7 Å². The molecule has 0 aliphatic heterocycles. The molecular formula is C36H32ClF6N7O10S. The lowest BCUT2D eigenvalue weighted by atomic mass is 9.97. The number of nitriles is 2. The molecule has 17 nitrogen and oxygen atoms in total. The first-order valence-corrected chi connectivity index (χ1v) is 18.1. The standard InChI is InChI=1S/C32H30ClN7O6S.2C2HF3O2/c33-21-5-1-20(2-6-21)31-39-22(15-45-31)18-47-32-26(14-37)29(25(13-36)30(38)40-32)19-3-7-23(8-4-19)43-16-24(46-28(42)10-12-35)17-44-27(41)9-11-34;2*3-2(4,5)1(6)7/h1-8,15,24H,9-12,16-18,34-35H2,(H2,38,40);2*(H,6,7)/t24-;;/m0../s1. The highest BCUT2D eigenvalue weighted by Gasteiger charge is 2.39. The van der Waals surface area contributed by atoms with E-state index in [0.717, 1.165) is 5.56 Å². The minimum Gasteiger partial charge on any atom is -0.490 e. The summed E-state index contributed by atoms with van der Waals surface area (Å²) in [4.78, 5) is 50.4. The lowest BCUT2D eigenvalue weighted by molar-refractivity contribution is -0.193. The average Bonchev–Trinajstić information content (AvgIpc) is 3.67. The molecule has 1 atom stereocenters. The van der Waals surface area contributed by atoms with Gasteiger partial charge >= 0.3 is 36.2 Å². The number of pyridine rings is 1. The number of ether oxygens (including phenoxy) is 3. The number of aromatic nitrogens is 2. The summed E-state index contributed by atoms with van der Waals surface area (Å²) in [5.41, 5.74) is 19.4. The third-order valence-electron chi connectivity index (χ3n) is 6.90. The first-order chi connectivity index (χ1) is 28.6. The van der Waals surface area contributed by atoms with Crippen molar-refractivity contribution in [2.45, 2.75) is 42.1 Å². The molecule has 0 fully saturated rings. The zero-order valence-electron chi connectivity index (χ0n) is 31.0. The van der Waals surface area contributed by atoms with Crippen molar-refractivity contribution in [2.75, 3.05) is 32.0 Å². The van der Waals surface area contributed by atoms with E-state index in [9.17, 15) is 46.5 Å². The number of carbonyl (C=O) groups is 4. The van der Waals surface area contributed by atoms with E-state index in [1.807, 2.05) is 0 Å². The van der Waals surface area contributed by atoms with E-state index in [4.69, 9.17) is 67.2 Å². The molecule has 0 unspecified atom stereocenters. The highest BCUT2D eigenvalue weighted by atomic mass is 35.5. The Labute approximate surface area is 349 Å². The zero-order chi connectivity index (χ0) is 45.9. The number of halogens is 7. The van der Waals surface area contributed by atoms with Gasteiger partial charge in [-0.05, 0) is 42.0 Å². The van der Waals surface area contributed by atoms with Crippen molar-refractivity contribution in [2.24, 2.45) is 11.5 Å². The number of nitrogens with two attached hydrogens (primary N) is 3. The SMILES string of the molecule is N#Cc1c(N)nc(SCc2coc(-c3ccc(Cl)cc3)n2)c(C#N)c1-c1ccc(OC[C@@H](COC(=O)CCN)OC(=O)CCN)cc1.O=C(O)C(F)(F)F.O=C(O)C(F)(F)F. The number of alkyl halides is 6. The number of hydrogen-bond donors (Lipinski definition) is 5. The van der Waals surface area contributed by atoms with Gasteiger partial charge in [-0.1, -0.05) is 35.5 Å². The van der Waals surface area contributed by atoms with Crippen LogP contribution in [0.5, 0.6) is 5.75 Å². The summed E-state index contributed by atoms with van der Waals surface area (Å²) in [7, 11) is 0. The van der Waals surface area contributed by atoms with E-state index in [0.29, 0.717) is 44.3 Å². The van der Waals surface area contributed by atoms with Gasteiger partial charge in [0.1, 0.15) is 53.8 Å². The molecule has 0 aliphatic carbocycles. The van der Waals surface area contributed by atoms with Crippen LogP contribution in [-0.2, 0) is 34.4 Å². The first kappa shape index (κ1) is 50.5. The molecular weight excluding hydrogens is 872 g/mol. The van der Waals surface area contributed by atoms with E-state index in [1.165, 1.54) is 18.0 Å². The van der Waals surface area contributed by atoms with Crippen LogP contribution >= 0.6 is 23.4 Å². The van der Waals surface area contributed by atoms with Gasteiger partial charge in [-0.15, -0.1) is 0 Å². The summed E-state index contributed by atoms with van der Waals surface area (Å²) in [5.74, 6) is -5.52. The molecule has 4 rings (SSSR count). The fourth-order valence-corrected chi connectivity index (χ4v) is 5.19. The summed E-state index contributed by atoms with van der Waals surface area (Å²) < 4.78 is 85.4. The van der Waals surface area contributed by atoms with Gasteiger partial charge in [0.2, 0.25) is 5.89 Å². The molecule has 0 saturated heterocycles. The smallest absolute Gasteiger partial charge is 0.490 e. The Bertz CT molecular complexity index is 2190. The summed E-state index contributed by atoms with van der Waals surface area (Å²) >= 11 is 7.19. The molecule has 2 heterocycles. The van der Waals surface area contributed by atoms with Gasteiger partial charge in [0.05, 0.1) is 24.1 Å². The molecule has 0 bridgehead atoms. The number of carboxylic acid groups (broad SMARTS) is 2. The number of nitrogen functional groups attached to an aromatic ring is 1. The lowest BCUT2D eigenvalue weighted by Gasteiger charge is -2.19. The van der Waals surface area contributed by atoms with Crippen LogP contribution in [0.15, 0.2) is 64.2 Å². The summed E-state index contributed by atoms with van der Waals surface area (Å²) in [6.45, 7) is -0.125. The minimum absolute atomic E-state index is 0.0111. The van der Waals surface area contributed by atoms with Gasteiger partial charge in [-0.3, -0.25) is 9.59 Å². The van der Waals surface area contributed by atoms with Crippen LogP contribution in [0.1, 0.15) is 29.7 Å². The van der Waals surface area contributed by atoms with Crippen LogP contribution in [-0.4, -0.2) is 88.8 Å². The van der Waals surface area contributed by atoms with Gasteiger partial charge in [-0.25, -0.2) is 19.6 Å². The highest BCUT2D eigenvalue weighted by molar-refractivity contribution is 7.98. The Hall–Kier alpha value is -6.60. The fourth-order valence-electron chi connectivity index (χ4n) is 4.19. The molecule has 2 aromatic heterocycles. The molecule has 0 spiro atoms. The third-order valence-corrected chi connectivity index (χ3v) is 8.17. The number of carbonyl (C=O) groups excluding carboxylic acids is 2. The van der Waals surface area contributed by atoms with Crippen molar-refractivity contribution in [3.05, 3.63) is 76.6 Å². The number of benzene rings is 2. The second-order valence-corrected chi connectivity index (χ2v) is 12.8. The summed E-state index contributed by atoms with van der Waals surface area (Å²) in [6.07, 6.45) is -9.53. The quantitative estimate of drug-likeness (QED) is 0.0561. The van der Waals surface area contributed by atoms with Gasteiger partial charge in [0, 0.05) is 35.0 Å². The lowest BCUT2D eigenvalue weighted by Crippen LogP contribution is -2.31. The second kappa shape index (κ2) is 23.9. The van der Waals surface area contributed by atoms with Crippen molar-refractivity contribution >= 4 is 53.1 Å². The van der Waals surface area contributed by atoms with Crippen molar-refractivity contribution < 1.29 is 74.4 Å². The molecule has 25 heteroatoms. The van der Waals surface area contributed by atoms with Gasteiger partial charge in [0.25, 0.3) is 0 Å². The van der Waals surface area contributed by atoms with Gasteiger partial charge < -0.3 is 46.0 Å². The largest absolute Gasteiger partial charge is 0.490 e. The Morgan fingerprint density at radius 2 is 1.34 bits per heavy atom. The number of anilines is 1. The Morgan fingerprint density at radius 3 is 1.85 bits per heavy atom. The number of oxazole rings is 1. The fraction of sp³-hybridized carbons (Fsp3) is 0.278. The highest BCUT2D eigenvalue weighted by Crippen LogP contribution is 2.37. The third kappa shape index (κ3) is 16.9. The maximum Gasteiger partial charge on any atom is 0.490 e. The molecule has 0 amide bonds. The predicted molar refractivity (Wildman–Crippen MR) is 201 cm³/mol. The minimum atomic E-state index is -5.08. The van der Waals surface area contributed by atoms with Crippen molar-refractivity contribution in [1.29, 1.82) is 10.5 Å². The number of aliphatic carboxylic acids is 2. The number of hydrogen-bond acceptors (Lipinski definition) is 16. The first-order valence-electron chi connectivity index (χ1n) is 16.7. The molecule has 61 heavy (non-hydrogen) atoms. The van der Waals surface area contributed by atoms with Crippen LogP contribution in [0.2, 0.25) is 5.02 Å². The van der Waals surface area contributed by atoms with Gasteiger partial charge in [-0.2, -0.15) is 36.9 Å². The number of esters is 2. The molecule has 4 aromatic rings. The van der Waals surface area contributed by atoms with E-state index in [-0.39, 0.29) is 56.1 Å². The normalized spacial score (nSPS) is 11.3. The summed E-state index contributed by atoms with van der Waals surface area (Å²) in [6, 6.07) is 17.8. The average molecular weight is 904 g/mol.